The third-order valence-corrected chi connectivity index (χ3v) is 3.96. The quantitative estimate of drug-likeness (QED) is 0.851. The van der Waals surface area contributed by atoms with Crippen molar-refractivity contribution in [1.29, 1.82) is 0 Å². The highest BCUT2D eigenvalue weighted by molar-refractivity contribution is 5.94. The first-order valence-corrected chi connectivity index (χ1v) is 7.46. The zero-order valence-corrected chi connectivity index (χ0v) is 13.0. The van der Waals surface area contributed by atoms with Gasteiger partial charge >= 0.3 is 0 Å². The first kappa shape index (κ1) is 15.7. The maximum Gasteiger partial charge on any atom is 0.136 e. The number of aliphatic hydroxyl groups is 1. The number of methoxy groups -OCH3 is 1. The molecule has 1 unspecified atom stereocenters. The third kappa shape index (κ3) is 3.34. The molecule has 0 saturated carbocycles. The standard InChI is InChI=1S/C17H24N2O2/c1-4-13(2)19(9-10-21-3)17-16-8-6-5-7-15(16)14(12-20)11-18-17/h5-8,11,13,20H,4,9-10,12H2,1-3H3. The van der Waals surface area contributed by atoms with Gasteiger partial charge in [-0.25, -0.2) is 4.98 Å². The van der Waals surface area contributed by atoms with Crippen molar-refractivity contribution in [3.05, 3.63) is 36.0 Å². The van der Waals surface area contributed by atoms with E-state index in [9.17, 15) is 5.11 Å². The topological polar surface area (TPSA) is 45.6 Å². The van der Waals surface area contributed by atoms with Crippen LogP contribution in [0.25, 0.3) is 10.8 Å². The maximum atomic E-state index is 9.49. The molecule has 1 atom stereocenters. The molecule has 0 aliphatic rings. The Labute approximate surface area is 126 Å². The molecule has 0 amide bonds. The molecule has 0 aliphatic carbocycles. The van der Waals surface area contributed by atoms with Crippen LogP contribution in [0.3, 0.4) is 0 Å². The second-order valence-corrected chi connectivity index (χ2v) is 5.25. The summed E-state index contributed by atoms with van der Waals surface area (Å²) in [5, 5.41) is 11.6. The Bertz CT molecular complexity index is 586. The number of hydrogen-bond acceptors (Lipinski definition) is 4. The van der Waals surface area contributed by atoms with E-state index in [1.165, 1.54) is 0 Å². The van der Waals surface area contributed by atoms with Crippen LogP contribution in [0, 0.1) is 0 Å². The van der Waals surface area contributed by atoms with Crippen molar-refractivity contribution in [2.75, 3.05) is 25.2 Å². The molecule has 0 bridgehead atoms. The fourth-order valence-electron chi connectivity index (χ4n) is 2.54. The molecule has 2 rings (SSSR count). The molecule has 21 heavy (non-hydrogen) atoms. The molecule has 2 aromatic rings. The molecule has 0 saturated heterocycles. The largest absolute Gasteiger partial charge is 0.392 e. The fraction of sp³-hybridized carbons (Fsp3) is 0.471. The number of benzene rings is 1. The molecule has 0 spiro atoms. The van der Waals surface area contributed by atoms with Crippen LogP contribution in [-0.4, -0.2) is 36.4 Å². The van der Waals surface area contributed by atoms with E-state index in [-0.39, 0.29) is 6.61 Å². The van der Waals surface area contributed by atoms with Crippen LogP contribution in [-0.2, 0) is 11.3 Å². The van der Waals surface area contributed by atoms with Gasteiger partial charge in [-0.15, -0.1) is 0 Å². The monoisotopic (exact) mass is 288 g/mol. The number of ether oxygens (including phenoxy) is 1. The predicted octanol–water partition coefficient (Wildman–Crippen LogP) is 2.98. The first-order valence-electron chi connectivity index (χ1n) is 7.46. The van der Waals surface area contributed by atoms with E-state index in [4.69, 9.17) is 4.74 Å². The lowest BCUT2D eigenvalue weighted by molar-refractivity contribution is 0.203. The minimum absolute atomic E-state index is 0.00912. The Kier molecular flexibility index (Phi) is 5.53. The second kappa shape index (κ2) is 7.38. The Hall–Kier alpha value is -1.65. The van der Waals surface area contributed by atoms with Crippen molar-refractivity contribution >= 4 is 16.6 Å². The molecule has 0 aliphatic heterocycles. The number of rotatable bonds is 7. The number of aliphatic hydroxyl groups excluding tert-OH is 1. The number of pyridine rings is 1. The SMILES string of the molecule is CCC(C)N(CCOC)c1ncc(CO)c2ccccc12. The third-order valence-electron chi connectivity index (χ3n) is 3.96. The Morgan fingerprint density at radius 2 is 2.00 bits per heavy atom. The van der Waals surface area contributed by atoms with Crippen LogP contribution >= 0.6 is 0 Å². The number of aromatic nitrogens is 1. The molecular formula is C17H24N2O2. The van der Waals surface area contributed by atoms with Gasteiger partial charge < -0.3 is 14.7 Å². The summed E-state index contributed by atoms with van der Waals surface area (Å²) in [6, 6.07) is 8.50. The maximum absolute atomic E-state index is 9.49. The summed E-state index contributed by atoms with van der Waals surface area (Å²) >= 11 is 0. The lowest BCUT2D eigenvalue weighted by Crippen LogP contribution is -2.36. The van der Waals surface area contributed by atoms with E-state index in [0.29, 0.717) is 12.6 Å². The Morgan fingerprint density at radius 3 is 2.62 bits per heavy atom. The van der Waals surface area contributed by atoms with Crippen molar-refractivity contribution in [1.82, 2.24) is 4.98 Å². The summed E-state index contributed by atoms with van der Waals surface area (Å²) in [5.41, 5.74) is 0.866. The van der Waals surface area contributed by atoms with Gasteiger partial charge in [-0.3, -0.25) is 0 Å². The number of nitrogens with zero attached hydrogens (tertiary/aromatic N) is 2. The summed E-state index contributed by atoms with van der Waals surface area (Å²) in [7, 11) is 1.72. The molecule has 1 heterocycles. The number of anilines is 1. The van der Waals surface area contributed by atoms with E-state index >= 15 is 0 Å². The van der Waals surface area contributed by atoms with Gasteiger partial charge in [0.25, 0.3) is 0 Å². The van der Waals surface area contributed by atoms with Gasteiger partial charge in [-0.2, -0.15) is 0 Å². The lowest BCUT2D eigenvalue weighted by Gasteiger charge is -2.30. The van der Waals surface area contributed by atoms with Gasteiger partial charge in [0.05, 0.1) is 13.2 Å². The highest BCUT2D eigenvalue weighted by atomic mass is 16.5. The smallest absolute Gasteiger partial charge is 0.136 e. The first-order chi connectivity index (χ1) is 10.2. The second-order valence-electron chi connectivity index (χ2n) is 5.25. The van der Waals surface area contributed by atoms with Crippen LogP contribution in [0.4, 0.5) is 5.82 Å². The molecule has 4 nitrogen and oxygen atoms in total. The van der Waals surface area contributed by atoms with Gasteiger partial charge in [-0.05, 0) is 18.7 Å². The van der Waals surface area contributed by atoms with Crippen molar-refractivity contribution in [3.63, 3.8) is 0 Å². The van der Waals surface area contributed by atoms with E-state index in [0.717, 1.165) is 35.1 Å². The molecule has 114 valence electrons. The Balaban J connectivity index is 2.52. The summed E-state index contributed by atoms with van der Waals surface area (Å²) in [6.07, 6.45) is 2.82. The van der Waals surface area contributed by atoms with Crippen LogP contribution in [0.15, 0.2) is 30.5 Å². The summed E-state index contributed by atoms with van der Waals surface area (Å²) in [5.74, 6) is 0.967. The van der Waals surface area contributed by atoms with Gasteiger partial charge in [0.1, 0.15) is 5.82 Å². The molecular weight excluding hydrogens is 264 g/mol. The highest BCUT2D eigenvalue weighted by Gasteiger charge is 2.17. The number of hydrogen-bond donors (Lipinski definition) is 1. The predicted molar refractivity (Wildman–Crippen MR) is 86.6 cm³/mol. The summed E-state index contributed by atoms with van der Waals surface area (Å²) in [4.78, 5) is 6.90. The minimum atomic E-state index is 0.00912. The van der Waals surface area contributed by atoms with E-state index in [1.807, 2.05) is 18.2 Å². The number of fused-ring (bicyclic) bond motifs is 1. The van der Waals surface area contributed by atoms with Gasteiger partial charge in [0, 0.05) is 36.8 Å². The van der Waals surface area contributed by atoms with E-state index in [1.54, 1.807) is 13.3 Å². The average molecular weight is 288 g/mol. The highest BCUT2D eigenvalue weighted by Crippen LogP contribution is 2.28. The Morgan fingerprint density at radius 1 is 1.29 bits per heavy atom. The molecule has 0 radical (unpaired) electrons. The summed E-state index contributed by atoms with van der Waals surface area (Å²) in [6.45, 7) is 5.86. The van der Waals surface area contributed by atoms with Crippen LogP contribution in [0.5, 0.6) is 0 Å². The van der Waals surface area contributed by atoms with Crippen molar-refractivity contribution < 1.29 is 9.84 Å². The van der Waals surface area contributed by atoms with E-state index in [2.05, 4.69) is 29.8 Å². The normalized spacial score (nSPS) is 12.6. The van der Waals surface area contributed by atoms with Gasteiger partial charge in [0.2, 0.25) is 0 Å². The lowest BCUT2D eigenvalue weighted by atomic mass is 10.1. The average Bonchev–Trinajstić information content (AvgIpc) is 2.54. The van der Waals surface area contributed by atoms with Crippen molar-refractivity contribution in [2.24, 2.45) is 0 Å². The molecule has 1 aromatic heterocycles. The zero-order chi connectivity index (χ0) is 15.2. The van der Waals surface area contributed by atoms with Crippen molar-refractivity contribution in [2.45, 2.75) is 32.9 Å². The van der Waals surface area contributed by atoms with Gasteiger partial charge in [0.15, 0.2) is 0 Å². The fourth-order valence-corrected chi connectivity index (χ4v) is 2.54. The van der Waals surface area contributed by atoms with Crippen LogP contribution in [0.1, 0.15) is 25.8 Å². The molecule has 1 aromatic carbocycles. The molecule has 4 heteroatoms. The zero-order valence-electron chi connectivity index (χ0n) is 13.0. The minimum Gasteiger partial charge on any atom is -0.392 e. The van der Waals surface area contributed by atoms with Crippen LogP contribution in [0.2, 0.25) is 0 Å². The van der Waals surface area contributed by atoms with Crippen molar-refractivity contribution in [3.8, 4) is 0 Å². The molecule has 1 N–H and O–H groups in total. The van der Waals surface area contributed by atoms with Crippen LogP contribution < -0.4 is 4.90 Å². The molecule has 0 fully saturated rings. The summed E-state index contributed by atoms with van der Waals surface area (Å²) < 4.78 is 5.24. The van der Waals surface area contributed by atoms with E-state index < -0.39 is 0 Å². The van der Waals surface area contributed by atoms with Gasteiger partial charge in [-0.1, -0.05) is 31.2 Å².